The van der Waals surface area contributed by atoms with E-state index in [2.05, 4.69) is 0 Å². The van der Waals surface area contributed by atoms with Gasteiger partial charge >= 0.3 is 0 Å². The van der Waals surface area contributed by atoms with E-state index >= 15 is 0 Å². The van der Waals surface area contributed by atoms with Crippen LogP contribution in [0, 0.1) is 0 Å². The number of benzene rings is 1. The lowest BCUT2D eigenvalue weighted by Gasteiger charge is -2.14. The van der Waals surface area contributed by atoms with Crippen LogP contribution < -0.4 is 0 Å². The standard InChI is InChI=1S/C13H18O3S/c1-3-8-13(12(14)4-2)17(15,16)11-9-6-5-7-10-11/h5-10,12,14H,3-4H2,1-2H3/b13-8+/t12-/m1/s1. The normalized spacial score (nSPS) is 14.6. The Morgan fingerprint density at radius 1 is 1.29 bits per heavy atom. The van der Waals surface area contributed by atoms with Gasteiger partial charge in [0.05, 0.1) is 15.9 Å². The Morgan fingerprint density at radius 3 is 2.35 bits per heavy atom. The van der Waals surface area contributed by atoms with Crippen molar-refractivity contribution in [2.24, 2.45) is 0 Å². The van der Waals surface area contributed by atoms with Crippen molar-refractivity contribution in [1.82, 2.24) is 0 Å². The zero-order chi connectivity index (χ0) is 12.9. The van der Waals surface area contributed by atoms with Crippen molar-refractivity contribution in [2.75, 3.05) is 0 Å². The molecule has 94 valence electrons. The Kier molecular flexibility index (Phi) is 4.90. The van der Waals surface area contributed by atoms with Crippen LogP contribution in [-0.2, 0) is 9.84 Å². The van der Waals surface area contributed by atoms with Crippen LogP contribution >= 0.6 is 0 Å². The monoisotopic (exact) mass is 254 g/mol. The number of rotatable bonds is 5. The SMILES string of the molecule is CC/C=C(\[C@H](O)CC)S(=O)(=O)c1ccccc1. The molecule has 0 spiro atoms. The maximum absolute atomic E-state index is 12.3. The zero-order valence-electron chi connectivity index (χ0n) is 10.1. The second kappa shape index (κ2) is 5.98. The van der Waals surface area contributed by atoms with Crippen molar-refractivity contribution in [2.45, 2.75) is 37.7 Å². The lowest BCUT2D eigenvalue weighted by atomic mass is 10.2. The molecule has 0 saturated heterocycles. The first-order valence-corrected chi connectivity index (χ1v) is 7.20. The third kappa shape index (κ3) is 3.17. The number of allylic oxidation sites excluding steroid dienone is 1. The lowest BCUT2D eigenvalue weighted by molar-refractivity contribution is 0.213. The third-order valence-corrected chi connectivity index (χ3v) is 4.44. The molecule has 0 aromatic heterocycles. The number of sulfone groups is 1. The highest BCUT2D eigenvalue weighted by atomic mass is 32.2. The van der Waals surface area contributed by atoms with Gasteiger partial charge in [-0.3, -0.25) is 0 Å². The average molecular weight is 254 g/mol. The van der Waals surface area contributed by atoms with Gasteiger partial charge in [-0.1, -0.05) is 38.1 Å². The van der Waals surface area contributed by atoms with E-state index in [-0.39, 0.29) is 9.80 Å². The van der Waals surface area contributed by atoms with E-state index in [9.17, 15) is 13.5 Å². The quantitative estimate of drug-likeness (QED) is 0.878. The molecule has 0 radical (unpaired) electrons. The van der Waals surface area contributed by atoms with E-state index in [1.54, 1.807) is 43.3 Å². The largest absolute Gasteiger partial charge is 0.388 e. The smallest absolute Gasteiger partial charge is 0.205 e. The van der Waals surface area contributed by atoms with Gasteiger partial charge in [-0.05, 0) is 25.0 Å². The Balaban J connectivity index is 3.24. The summed E-state index contributed by atoms with van der Waals surface area (Å²) in [7, 11) is -3.56. The van der Waals surface area contributed by atoms with Crippen LogP contribution in [-0.4, -0.2) is 19.6 Å². The predicted octanol–water partition coefficient (Wildman–Crippen LogP) is 2.53. The highest BCUT2D eigenvalue weighted by molar-refractivity contribution is 7.95. The molecular weight excluding hydrogens is 236 g/mol. The van der Waals surface area contributed by atoms with Crippen LogP contribution in [0.1, 0.15) is 26.7 Å². The third-order valence-electron chi connectivity index (χ3n) is 2.48. The number of aliphatic hydroxyl groups is 1. The second-order valence-electron chi connectivity index (χ2n) is 3.76. The molecule has 1 atom stereocenters. The van der Waals surface area contributed by atoms with Gasteiger partial charge in [0.15, 0.2) is 0 Å². The van der Waals surface area contributed by atoms with Crippen molar-refractivity contribution in [3.8, 4) is 0 Å². The molecule has 0 amide bonds. The van der Waals surface area contributed by atoms with Crippen LogP contribution in [0.4, 0.5) is 0 Å². The molecule has 0 saturated carbocycles. The van der Waals surface area contributed by atoms with Crippen molar-refractivity contribution in [3.05, 3.63) is 41.3 Å². The molecule has 1 rings (SSSR count). The minimum Gasteiger partial charge on any atom is -0.388 e. The molecule has 0 bridgehead atoms. The molecule has 4 heteroatoms. The van der Waals surface area contributed by atoms with E-state index in [1.807, 2.05) is 6.92 Å². The van der Waals surface area contributed by atoms with Crippen LogP contribution in [0.25, 0.3) is 0 Å². The van der Waals surface area contributed by atoms with Gasteiger partial charge in [-0.25, -0.2) is 8.42 Å². The Bertz CT molecular complexity index is 475. The molecule has 0 heterocycles. The van der Waals surface area contributed by atoms with Gasteiger partial charge in [0.25, 0.3) is 0 Å². The van der Waals surface area contributed by atoms with Crippen molar-refractivity contribution in [3.63, 3.8) is 0 Å². The maximum Gasteiger partial charge on any atom is 0.205 e. The minimum atomic E-state index is -3.56. The molecule has 1 aromatic carbocycles. The first-order valence-electron chi connectivity index (χ1n) is 5.72. The summed E-state index contributed by atoms with van der Waals surface area (Å²) in [6.45, 7) is 3.61. The summed E-state index contributed by atoms with van der Waals surface area (Å²) in [5.41, 5.74) is 0. The van der Waals surface area contributed by atoms with Crippen LogP contribution in [0.15, 0.2) is 46.2 Å². The molecular formula is C13H18O3S. The van der Waals surface area contributed by atoms with Gasteiger partial charge in [-0.15, -0.1) is 0 Å². The van der Waals surface area contributed by atoms with E-state index in [4.69, 9.17) is 0 Å². The summed E-state index contributed by atoms with van der Waals surface area (Å²) in [6, 6.07) is 8.20. The van der Waals surface area contributed by atoms with Crippen molar-refractivity contribution < 1.29 is 13.5 Å². The van der Waals surface area contributed by atoms with Gasteiger partial charge in [0, 0.05) is 0 Å². The van der Waals surface area contributed by atoms with Crippen molar-refractivity contribution in [1.29, 1.82) is 0 Å². The molecule has 1 aromatic rings. The Hall–Kier alpha value is -1.13. The second-order valence-corrected chi connectivity index (χ2v) is 5.70. The maximum atomic E-state index is 12.3. The molecule has 3 nitrogen and oxygen atoms in total. The fourth-order valence-corrected chi connectivity index (χ4v) is 3.26. The fraction of sp³-hybridized carbons (Fsp3) is 0.385. The van der Waals surface area contributed by atoms with Gasteiger partial charge in [0.2, 0.25) is 9.84 Å². The first kappa shape index (κ1) is 13.9. The molecule has 0 unspecified atom stereocenters. The molecule has 0 fully saturated rings. The van der Waals surface area contributed by atoms with Crippen LogP contribution in [0.3, 0.4) is 0 Å². The zero-order valence-corrected chi connectivity index (χ0v) is 10.9. The minimum absolute atomic E-state index is 0.105. The lowest BCUT2D eigenvalue weighted by Crippen LogP contribution is -2.18. The molecule has 0 aliphatic carbocycles. The number of hydrogen-bond acceptors (Lipinski definition) is 3. The summed E-state index contributed by atoms with van der Waals surface area (Å²) in [6.07, 6.45) is 1.62. The van der Waals surface area contributed by atoms with E-state index in [1.165, 1.54) is 0 Å². The summed E-state index contributed by atoms with van der Waals surface area (Å²) < 4.78 is 24.6. The van der Waals surface area contributed by atoms with E-state index in [0.717, 1.165) is 0 Å². The number of aliphatic hydroxyl groups excluding tert-OH is 1. The highest BCUT2D eigenvalue weighted by Crippen LogP contribution is 2.23. The van der Waals surface area contributed by atoms with E-state index < -0.39 is 15.9 Å². The van der Waals surface area contributed by atoms with Gasteiger partial charge in [0.1, 0.15) is 0 Å². The topological polar surface area (TPSA) is 54.4 Å². The van der Waals surface area contributed by atoms with E-state index in [0.29, 0.717) is 12.8 Å². The van der Waals surface area contributed by atoms with Crippen LogP contribution in [0.5, 0.6) is 0 Å². The number of hydrogen-bond donors (Lipinski definition) is 1. The Labute approximate surface area is 103 Å². The molecule has 0 aliphatic rings. The van der Waals surface area contributed by atoms with Gasteiger partial charge in [-0.2, -0.15) is 0 Å². The van der Waals surface area contributed by atoms with Gasteiger partial charge < -0.3 is 5.11 Å². The first-order chi connectivity index (χ1) is 8.04. The van der Waals surface area contributed by atoms with Crippen molar-refractivity contribution >= 4 is 9.84 Å². The summed E-state index contributed by atoms with van der Waals surface area (Å²) >= 11 is 0. The average Bonchev–Trinajstić information content (AvgIpc) is 2.36. The summed E-state index contributed by atoms with van der Waals surface area (Å²) in [4.78, 5) is 0.334. The summed E-state index contributed by atoms with van der Waals surface area (Å²) in [5.74, 6) is 0. The highest BCUT2D eigenvalue weighted by Gasteiger charge is 2.25. The Morgan fingerprint density at radius 2 is 1.88 bits per heavy atom. The molecule has 0 aliphatic heterocycles. The fourth-order valence-electron chi connectivity index (χ4n) is 1.56. The molecule has 17 heavy (non-hydrogen) atoms. The summed E-state index contributed by atoms with van der Waals surface area (Å²) in [5, 5.41) is 9.80. The predicted molar refractivity (Wildman–Crippen MR) is 68.3 cm³/mol. The van der Waals surface area contributed by atoms with Crippen LogP contribution in [0.2, 0.25) is 0 Å². The molecule has 1 N–H and O–H groups in total.